The van der Waals surface area contributed by atoms with Gasteiger partial charge in [-0.3, -0.25) is 0 Å². The smallest absolute Gasteiger partial charge is 0.194 e. The maximum atomic E-state index is 13.9. The van der Waals surface area contributed by atoms with E-state index in [0.717, 1.165) is 6.07 Å². The first kappa shape index (κ1) is 16.7. The molecule has 0 unspecified atom stereocenters. The summed E-state index contributed by atoms with van der Waals surface area (Å²) in [6.45, 7) is 0. The summed E-state index contributed by atoms with van der Waals surface area (Å²) < 4.78 is 109. The van der Waals surface area contributed by atoms with Crippen LogP contribution in [0.3, 0.4) is 0 Å². The Kier molecular flexibility index (Phi) is 3.28. The highest BCUT2D eigenvalue weighted by Crippen LogP contribution is 2.64. The average molecular weight is 352 g/mol. The van der Waals surface area contributed by atoms with Crippen LogP contribution >= 0.6 is 0 Å². The summed E-state index contributed by atoms with van der Waals surface area (Å²) in [4.78, 5) is 0. The lowest BCUT2D eigenvalue weighted by Gasteiger charge is -2.42. The molecule has 8 heteroatoms. The van der Waals surface area contributed by atoms with Crippen molar-refractivity contribution in [2.24, 2.45) is 0 Å². The van der Waals surface area contributed by atoms with Gasteiger partial charge in [-0.2, -0.15) is 35.1 Å². The molecular formula is C16H8F8. The van der Waals surface area contributed by atoms with Crippen molar-refractivity contribution in [1.29, 1.82) is 0 Å². The molecule has 2 aromatic rings. The third kappa shape index (κ3) is 1.85. The summed E-state index contributed by atoms with van der Waals surface area (Å²) in [5.41, 5.74) is -3.38. The molecule has 0 radical (unpaired) electrons. The van der Waals surface area contributed by atoms with E-state index in [2.05, 4.69) is 0 Å². The van der Waals surface area contributed by atoms with Gasteiger partial charge in [0, 0.05) is 11.1 Å². The van der Waals surface area contributed by atoms with E-state index in [4.69, 9.17) is 0 Å². The van der Waals surface area contributed by atoms with Crippen LogP contribution in [0.25, 0.3) is 11.1 Å². The van der Waals surface area contributed by atoms with Crippen LogP contribution in [0.4, 0.5) is 35.1 Å². The van der Waals surface area contributed by atoms with Crippen molar-refractivity contribution in [3.05, 3.63) is 59.7 Å². The van der Waals surface area contributed by atoms with E-state index in [0.29, 0.717) is 17.7 Å². The number of alkyl halides is 8. The van der Waals surface area contributed by atoms with E-state index in [-0.39, 0.29) is 5.56 Å². The number of benzene rings is 2. The molecule has 128 valence electrons. The largest absolute Gasteiger partial charge is 0.382 e. The second-order valence-electron chi connectivity index (χ2n) is 5.42. The minimum atomic E-state index is -6.23. The van der Waals surface area contributed by atoms with Crippen LogP contribution in [0.2, 0.25) is 0 Å². The van der Waals surface area contributed by atoms with E-state index in [1.807, 2.05) is 0 Å². The van der Waals surface area contributed by atoms with Crippen molar-refractivity contribution in [3.8, 4) is 11.1 Å². The molecular weight excluding hydrogens is 344 g/mol. The average Bonchev–Trinajstić information content (AvgIpc) is 2.53. The van der Waals surface area contributed by atoms with Crippen molar-refractivity contribution in [3.63, 3.8) is 0 Å². The van der Waals surface area contributed by atoms with Gasteiger partial charge in [0.25, 0.3) is 0 Å². The summed E-state index contributed by atoms with van der Waals surface area (Å²) >= 11 is 0. The SMILES string of the molecule is FC1(F)c2ccc(-c3ccccc3)cc2C(F)(F)C(F)(F)C1(F)F. The lowest BCUT2D eigenvalue weighted by molar-refractivity contribution is -0.386. The number of halogens is 8. The van der Waals surface area contributed by atoms with Gasteiger partial charge in [0.1, 0.15) is 0 Å². The Bertz CT molecular complexity index is 780. The minimum Gasteiger partial charge on any atom is -0.194 e. The van der Waals surface area contributed by atoms with E-state index in [9.17, 15) is 35.1 Å². The normalized spacial score (nSPS) is 22.7. The van der Waals surface area contributed by atoms with Gasteiger partial charge in [0.2, 0.25) is 0 Å². The molecule has 1 aliphatic rings. The van der Waals surface area contributed by atoms with Gasteiger partial charge in [-0.15, -0.1) is 0 Å². The van der Waals surface area contributed by atoms with Gasteiger partial charge in [0.15, 0.2) is 0 Å². The highest BCUT2D eigenvalue weighted by atomic mass is 19.4. The van der Waals surface area contributed by atoms with E-state index < -0.39 is 34.8 Å². The zero-order valence-corrected chi connectivity index (χ0v) is 11.6. The van der Waals surface area contributed by atoms with Crippen molar-refractivity contribution in [2.75, 3.05) is 0 Å². The molecule has 0 saturated heterocycles. The van der Waals surface area contributed by atoms with Crippen molar-refractivity contribution in [1.82, 2.24) is 0 Å². The van der Waals surface area contributed by atoms with Crippen LogP contribution in [0.1, 0.15) is 11.1 Å². The fraction of sp³-hybridized carbons (Fsp3) is 0.250. The van der Waals surface area contributed by atoms with Gasteiger partial charge < -0.3 is 0 Å². The lowest BCUT2D eigenvalue weighted by Crippen LogP contribution is -2.63. The third-order valence-electron chi connectivity index (χ3n) is 3.99. The van der Waals surface area contributed by atoms with Crippen LogP contribution in [0.5, 0.6) is 0 Å². The maximum Gasteiger partial charge on any atom is 0.382 e. The number of hydrogen-bond donors (Lipinski definition) is 0. The van der Waals surface area contributed by atoms with Crippen molar-refractivity contribution < 1.29 is 35.1 Å². The molecule has 0 heterocycles. The molecule has 3 rings (SSSR count). The molecule has 0 fully saturated rings. The Morgan fingerprint density at radius 2 is 1.00 bits per heavy atom. The second kappa shape index (κ2) is 4.70. The Balaban J connectivity index is 2.30. The molecule has 0 nitrogen and oxygen atoms in total. The van der Waals surface area contributed by atoms with Gasteiger partial charge >= 0.3 is 23.7 Å². The quantitative estimate of drug-likeness (QED) is 0.567. The topological polar surface area (TPSA) is 0 Å². The van der Waals surface area contributed by atoms with Crippen molar-refractivity contribution in [2.45, 2.75) is 23.7 Å². The fourth-order valence-electron chi connectivity index (χ4n) is 2.62. The second-order valence-corrected chi connectivity index (χ2v) is 5.42. The number of rotatable bonds is 1. The van der Waals surface area contributed by atoms with Gasteiger partial charge in [-0.05, 0) is 17.2 Å². The first-order valence-corrected chi connectivity index (χ1v) is 6.66. The molecule has 0 bridgehead atoms. The molecule has 0 N–H and O–H groups in total. The minimum absolute atomic E-state index is 0.0640. The van der Waals surface area contributed by atoms with Gasteiger partial charge in [0.05, 0.1) is 0 Å². The highest BCUT2D eigenvalue weighted by molar-refractivity contribution is 5.66. The summed E-state index contributed by atoms with van der Waals surface area (Å²) in [7, 11) is 0. The molecule has 2 aromatic carbocycles. The Labute approximate surface area is 130 Å². The van der Waals surface area contributed by atoms with Gasteiger partial charge in [-0.1, -0.05) is 42.5 Å². The van der Waals surface area contributed by atoms with Crippen LogP contribution in [0.15, 0.2) is 48.5 Å². The van der Waals surface area contributed by atoms with Crippen LogP contribution < -0.4 is 0 Å². The number of hydrogen-bond acceptors (Lipinski definition) is 0. The fourth-order valence-corrected chi connectivity index (χ4v) is 2.62. The highest BCUT2D eigenvalue weighted by Gasteiger charge is 2.85. The molecule has 1 aliphatic carbocycles. The molecule has 0 saturated carbocycles. The first-order chi connectivity index (χ1) is 10.9. The lowest BCUT2D eigenvalue weighted by atomic mass is 9.79. The van der Waals surface area contributed by atoms with Crippen molar-refractivity contribution >= 4 is 0 Å². The van der Waals surface area contributed by atoms with Crippen LogP contribution in [0, 0.1) is 0 Å². The van der Waals surface area contributed by atoms with E-state index >= 15 is 0 Å². The zero-order valence-electron chi connectivity index (χ0n) is 11.6. The summed E-state index contributed by atoms with van der Waals surface area (Å²) in [5, 5.41) is 0. The molecule has 24 heavy (non-hydrogen) atoms. The first-order valence-electron chi connectivity index (χ1n) is 6.66. The predicted octanol–water partition coefficient (Wildman–Crippen LogP) is 5.82. The molecule has 0 aliphatic heterocycles. The standard InChI is InChI=1S/C16H8F8/c17-13(18)11-7-6-10(9-4-2-1-3-5-9)8-12(11)14(19,20)16(23,24)15(13,21)22/h1-8H. The third-order valence-corrected chi connectivity index (χ3v) is 3.99. The molecule has 0 aromatic heterocycles. The Morgan fingerprint density at radius 1 is 0.500 bits per heavy atom. The molecule has 0 atom stereocenters. The molecule has 0 amide bonds. The maximum absolute atomic E-state index is 13.9. The van der Waals surface area contributed by atoms with E-state index in [1.54, 1.807) is 6.07 Å². The summed E-state index contributed by atoms with van der Waals surface area (Å²) in [6, 6.07) is 9.17. The predicted molar refractivity (Wildman–Crippen MR) is 69.6 cm³/mol. The molecule has 0 spiro atoms. The Morgan fingerprint density at radius 3 is 1.54 bits per heavy atom. The monoisotopic (exact) mass is 352 g/mol. The van der Waals surface area contributed by atoms with E-state index in [1.165, 1.54) is 24.3 Å². The zero-order chi connectivity index (χ0) is 18.0. The summed E-state index contributed by atoms with van der Waals surface area (Å²) in [5.74, 6) is -23.3. The Hall–Kier alpha value is -2.12. The summed E-state index contributed by atoms with van der Waals surface area (Å²) in [6.07, 6.45) is 0. The van der Waals surface area contributed by atoms with Crippen LogP contribution in [-0.2, 0) is 11.8 Å². The number of fused-ring (bicyclic) bond motifs is 1. The van der Waals surface area contributed by atoms with Crippen LogP contribution in [-0.4, -0.2) is 11.8 Å². The van der Waals surface area contributed by atoms with Gasteiger partial charge in [-0.25, -0.2) is 0 Å².